The van der Waals surface area contributed by atoms with Crippen molar-refractivity contribution in [1.82, 2.24) is 9.55 Å². The zero-order chi connectivity index (χ0) is 29.0. The highest BCUT2D eigenvalue weighted by Gasteiger charge is 2.43. The van der Waals surface area contributed by atoms with Crippen molar-refractivity contribution in [2.24, 2.45) is 5.73 Å². The van der Waals surface area contributed by atoms with E-state index >= 15 is 0 Å². The summed E-state index contributed by atoms with van der Waals surface area (Å²) in [5.74, 6) is -0.514. The number of aromatic nitrogens is 2. The topological polar surface area (TPSA) is 137 Å². The first-order chi connectivity index (χ1) is 19.5. The fraction of sp³-hybridized carbons (Fsp3) is 0.839. The van der Waals surface area contributed by atoms with Gasteiger partial charge in [-0.25, -0.2) is 4.79 Å². The number of hydrogen-bond donors (Lipinski definition) is 3. The van der Waals surface area contributed by atoms with Crippen molar-refractivity contribution >= 4 is 5.97 Å². The molecule has 1 saturated heterocycles. The molecule has 230 valence electrons. The van der Waals surface area contributed by atoms with Crippen LogP contribution in [0.5, 0.6) is 5.88 Å². The molecule has 1 aliphatic heterocycles. The minimum Gasteiger partial charge on any atom is -0.407 e. The average Bonchev–Trinajstić information content (AvgIpc) is 3.23. The zero-order valence-corrected chi connectivity index (χ0v) is 24.8. The van der Waals surface area contributed by atoms with E-state index in [1.165, 1.54) is 115 Å². The van der Waals surface area contributed by atoms with Crippen LogP contribution in [-0.4, -0.2) is 50.6 Å². The van der Waals surface area contributed by atoms with Crippen molar-refractivity contribution in [2.75, 3.05) is 6.54 Å². The number of nitrogens with two attached hydrogens (primary N) is 1. The van der Waals surface area contributed by atoms with E-state index < -0.39 is 36.2 Å². The summed E-state index contributed by atoms with van der Waals surface area (Å²) in [6.07, 6.45) is 21.9. The van der Waals surface area contributed by atoms with Gasteiger partial charge >= 0.3 is 11.7 Å². The number of rotatable bonds is 23. The quantitative estimate of drug-likeness (QED) is 0.116. The van der Waals surface area contributed by atoms with E-state index in [0.717, 1.165) is 23.8 Å². The molecule has 1 aliphatic rings. The van der Waals surface area contributed by atoms with Crippen LogP contribution in [0.15, 0.2) is 17.1 Å². The van der Waals surface area contributed by atoms with Crippen LogP contribution in [0.4, 0.5) is 0 Å². The molecule has 0 aliphatic carbocycles. The largest absolute Gasteiger partial charge is 0.407 e. The van der Waals surface area contributed by atoms with E-state index in [2.05, 4.69) is 11.9 Å². The average molecular weight is 566 g/mol. The van der Waals surface area contributed by atoms with E-state index in [1.54, 1.807) is 0 Å². The second-order valence-electron chi connectivity index (χ2n) is 11.3. The Morgan fingerprint density at radius 3 is 1.75 bits per heavy atom. The Kier molecular flexibility index (Phi) is 18.0. The number of ether oxygens (including phenoxy) is 2. The first-order valence-corrected chi connectivity index (χ1v) is 16.0. The van der Waals surface area contributed by atoms with Gasteiger partial charge in [0, 0.05) is 25.2 Å². The third-order valence-corrected chi connectivity index (χ3v) is 7.85. The number of aliphatic hydroxyl groups excluding tert-OH is 2. The van der Waals surface area contributed by atoms with Crippen molar-refractivity contribution in [2.45, 2.75) is 160 Å². The molecule has 0 radical (unpaired) electrons. The summed E-state index contributed by atoms with van der Waals surface area (Å²) < 4.78 is 11.7. The Balaban J connectivity index is 1.43. The molecule has 1 aromatic heterocycles. The number of carbonyl (C=O) groups excluding carboxylic acids is 1. The summed E-state index contributed by atoms with van der Waals surface area (Å²) in [5, 5.41) is 20.1. The Labute approximate surface area is 240 Å². The normalized spacial score (nSPS) is 20.7. The minimum absolute atomic E-state index is 0.00603. The predicted octanol–water partition coefficient (Wildman–Crippen LogP) is 5.55. The van der Waals surface area contributed by atoms with E-state index in [1.807, 2.05) is 0 Å². The van der Waals surface area contributed by atoms with Gasteiger partial charge in [0.25, 0.3) is 0 Å². The van der Waals surface area contributed by atoms with Crippen molar-refractivity contribution in [1.29, 1.82) is 0 Å². The van der Waals surface area contributed by atoms with Crippen LogP contribution in [0.25, 0.3) is 0 Å². The summed E-state index contributed by atoms with van der Waals surface area (Å²) in [7, 11) is 0. The van der Waals surface area contributed by atoms with Crippen molar-refractivity contribution in [3.63, 3.8) is 0 Å². The SMILES string of the molecule is CCCCCCCCCCCCCCCCCCCCCC(=O)Oc1ccn(C2OC(CN)C(O)C2O)c(=O)n1. The molecule has 0 aromatic carbocycles. The third kappa shape index (κ3) is 13.2. The van der Waals surface area contributed by atoms with Gasteiger partial charge < -0.3 is 25.4 Å². The number of nitrogens with zero attached hydrogens (tertiary/aromatic N) is 2. The second-order valence-corrected chi connectivity index (χ2v) is 11.3. The number of carbonyl (C=O) groups is 1. The van der Waals surface area contributed by atoms with Crippen LogP contribution in [-0.2, 0) is 9.53 Å². The fourth-order valence-electron chi connectivity index (χ4n) is 5.32. The highest BCUT2D eigenvalue weighted by molar-refractivity contribution is 5.71. The van der Waals surface area contributed by atoms with Gasteiger partial charge in [0.15, 0.2) is 6.23 Å². The number of hydrogen-bond acceptors (Lipinski definition) is 8. The molecule has 40 heavy (non-hydrogen) atoms. The van der Waals surface area contributed by atoms with Gasteiger partial charge in [-0.05, 0) is 6.42 Å². The highest BCUT2D eigenvalue weighted by Crippen LogP contribution is 2.28. The van der Waals surface area contributed by atoms with Crippen LogP contribution in [0, 0.1) is 0 Å². The third-order valence-electron chi connectivity index (χ3n) is 7.85. The van der Waals surface area contributed by atoms with Crippen LogP contribution in [0.3, 0.4) is 0 Å². The summed E-state index contributed by atoms with van der Waals surface area (Å²) in [6.45, 7) is 2.28. The molecule has 1 fully saturated rings. The molecule has 1 aromatic rings. The van der Waals surface area contributed by atoms with Crippen LogP contribution >= 0.6 is 0 Å². The Hall–Kier alpha value is -1.81. The van der Waals surface area contributed by atoms with E-state index in [-0.39, 0.29) is 18.8 Å². The summed E-state index contributed by atoms with van der Waals surface area (Å²) >= 11 is 0. The van der Waals surface area contributed by atoms with Gasteiger partial charge in [-0.3, -0.25) is 9.36 Å². The van der Waals surface area contributed by atoms with E-state index in [9.17, 15) is 19.8 Å². The lowest BCUT2D eigenvalue weighted by atomic mass is 10.0. The van der Waals surface area contributed by atoms with Gasteiger partial charge in [-0.1, -0.05) is 122 Å². The van der Waals surface area contributed by atoms with Gasteiger partial charge in [0.2, 0.25) is 5.88 Å². The smallest absolute Gasteiger partial charge is 0.353 e. The summed E-state index contributed by atoms with van der Waals surface area (Å²) in [4.78, 5) is 28.3. The zero-order valence-electron chi connectivity index (χ0n) is 24.8. The molecule has 0 spiro atoms. The second kappa shape index (κ2) is 21.0. The minimum atomic E-state index is -1.31. The molecule has 2 rings (SSSR count). The molecule has 2 heterocycles. The number of esters is 1. The van der Waals surface area contributed by atoms with Crippen LogP contribution < -0.4 is 16.2 Å². The van der Waals surface area contributed by atoms with Crippen molar-refractivity contribution < 1.29 is 24.5 Å². The molecule has 9 nitrogen and oxygen atoms in total. The van der Waals surface area contributed by atoms with E-state index in [0.29, 0.717) is 0 Å². The Morgan fingerprint density at radius 1 is 0.850 bits per heavy atom. The molecule has 9 heteroatoms. The standard InChI is InChI=1S/C31H55N3O6/c1-2-3-4-5-6-7-8-9-10-11-12-13-14-15-16-17-18-19-20-21-27(35)40-26-22-23-34(31(38)33-26)30-29(37)28(36)25(24-32)39-30/h22-23,25,28-30,36-37H,2-21,24,32H2,1H3. The van der Waals surface area contributed by atoms with Gasteiger partial charge in [-0.2, -0.15) is 4.98 Å². The molecular formula is C31H55N3O6. The maximum atomic E-state index is 12.4. The lowest BCUT2D eigenvalue weighted by molar-refractivity contribution is -0.134. The molecule has 0 saturated carbocycles. The van der Waals surface area contributed by atoms with Gasteiger partial charge in [-0.15, -0.1) is 0 Å². The monoisotopic (exact) mass is 565 g/mol. The molecule has 4 N–H and O–H groups in total. The summed E-state index contributed by atoms with van der Waals surface area (Å²) in [6, 6.07) is 1.37. The maximum absolute atomic E-state index is 12.4. The lowest BCUT2D eigenvalue weighted by Crippen LogP contribution is -2.36. The first-order valence-electron chi connectivity index (χ1n) is 16.0. The van der Waals surface area contributed by atoms with Gasteiger partial charge in [0.1, 0.15) is 18.3 Å². The Bertz CT molecular complexity index is 864. The van der Waals surface area contributed by atoms with E-state index in [4.69, 9.17) is 15.2 Å². The lowest BCUT2D eigenvalue weighted by Gasteiger charge is -2.17. The van der Waals surface area contributed by atoms with Gasteiger partial charge in [0.05, 0.1) is 0 Å². The number of aliphatic hydroxyl groups is 2. The fourth-order valence-corrected chi connectivity index (χ4v) is 5.32. The number of unbranched alkanes of at least 4 members (excludes halogenated alkanes) is 18. The molecular weight excluding hydrogens is 510 g/mol. The predicted molar refractivity (Wildman–Crippen MR) is 157 cm³/mol. The molecule has 4 unspecified atom stereocenters. The van der Waals surface area contributed by atoms with Crippen LogP contribution in [0.1, 0.15) is 142 Å². The Morgan fingerprint density at radius 2 is 1.32 bits per heavy atom. The summed E-state index contributed by atoms with van der Waals surface area (Å²) in [5.41, 5.74) is 4.77. The van der Waals surface area contributed by atoms with Crippen molar-refractivity contribution in [3.05, 3.63) is 22.7 Å². The first kappa shape index (κ1) is 34.4. The van der Waals surface area contributed by atoms with Crippen LogP contribution in [0.2, 0.25) is 0 Å². The maximum Gasteiger partial charge on any atom is 0.353 e. The van der Waals surface area contributed by atoms with Crippen molar-refractivity contribution in [3.8, 4) is 5.88 Å². The molecule has 0 amide bonds. The molecule has 0 bridgehead atoms. The highest BCUT2D eigenvalue weighted by atomic mass is 16.6. The molecule has 4 atom stereocenters.